The fourth-order valence-corrected chi connectivity index (χ4v) is 3.03. The van der Waals surface area contributed by atoms with Crippen LogP contribution in [0.4, 0.5) is 0 Å². The lowest BCUT2D eigenvalue weighted by Crippen LogP contribution is -2.02. The standard InChI is InChI=1S/C15H17BrN2/c1-11-15(12-6-8-13(16)9-7-12)18-10-4-2-3-5-14(18)17-11/h6-9H,2-5,10H2,1H3. The maximum Gasteiger partial charge on any atom is 0.109 e. The molecule has 1 aliphatic rings. The molecular weight excluding hydrogens is 288 g/mol. The van der Waals surface area contributed by atoms with Crippen molar-refractivity contribution in [2.75, 3.05) is 0 Å². The van der Waals surface area contributed by atoms with E-state index < -0.39 is 0 Å². The first-order valence-electron chi connectivity index (χ1n) is 6.57. The fraction of sp³-hybridized carbons (Fsp3) is 0.400. The minimum atomic E-state index is 1.11. The third kappa shape index (κ3) is 2.12. The van der Waals surface area contributed by atoms with Crippen LogP contribution in [0.5, 0.6) is 0 Å². The van der Waals surface area contributed by atoms with Crippen molar-refractivity contribution in [3.8, 4) is 11.3 Å². The minimum Gasteiger partial charge on any atom is -0.328 e. The van der Waals surface area contributed by atoms with Crippen molar-refractivity contribution in [3.63, 3.8) is 0 Å². The molecule has 0 amide bonds. The maximum absolute atomic E-state index is 4.76. The van der Waals surface area contributed by atoms with Gasteiger partial charge in [-0.25, -0.2) is 4.98 Å². The monoisotopic (exact) mass is 304 g/mol. The molecule has 1 aromatic carbocycles. The number of benzene rings is 1. The summed E-state index contributed by atoms with van der Waals surface area (Å²) in [5.74, 6) is 1.27. The van der Waals surface area contributed by atoms with Gasteiger partial charge in [0.2, 0.25) is 0 Å². The van der Waals surface area contributed by atoms with Crippen molar-refractivity contribution in [2.45, 2.75) is 39.2 Å². The maximum atomic E-state index is 4.76. The number of nitrogens with zero attached hydrogens (tertiary/aromatic N) is 2. The Morgan fingerprint density at radius 3 is 2.67 bits per heavy atom. The highest BCUT2D eigenvalue weighted by atomic mass is 79.9. The number of aryl methyl sites for hydroxylation is 2. The molecule has 1 aliphatic heterocycles. The van der Waals surface area contributed by atoms with E-state index in [0.717, 1.165) is 23.1 Å². The van der Waals surface area contributed by atoms with Gasteiger partial charge in [-0.2, -0.15) is 0 Å². The van der Waals surface area contributed by atoms with Crippen molar-refractivity contribution in [3.05, 3.63) is 40.3 Å². The molecule has 2 nitrogen and oxygen atoms in total. The Hall–Kier alpha value is -1.09. The molecule has 18 heavy (non-hydrogen) atoms. The average molecular weight is 305 g/mol. The lowest BCUT2D eigenvalue weighted by Gasteiger charge is -2.10. The minimum absolute atomic E-state index is 1.11. The third-order valence-electron chi connectivity index (χ3n) is 3.62. The number of imidazole rings is 1. The number of halogens is 1. The van der Waals surface area contributed by atoms with Gasteiger partial charge in [0.05, 0.1) is 11.4 Å². The molecular formula is C15H17BrN2. The predicted octanol–water partition coefficient (Wildman–Crippen LogP) is 4.35. The van der Waals surface area contributed by atoms with Crippen LogP contribution in [0, 0.1) is 6.92 Å². The second-order valence-corrected chi connectivity index (χ2v) is 5.85. The highest BCUT2D eigenvalue weighted by Gasteiger charge is 2.17. The predicted molar refractivity (Wildman–Crippen MR) is 77.7 cm³/mol. The summed E-state index contributed by atoms with van der Waals surface area (Å²) < 4.78 is 3.55. The van der Waals surface area contributed by atoms with Crippen LogP contribution in [0.3, 0.4) is 0 Å². The van der Waals surface area contributed by atoms with Crippen LogP contribution in [0.1, 0.15) is 30.8 Å². The van der Waals surface area contributed by atoms with Gasteiger partial charge in [-0.3, -0.25) is 0 Å². The van der Waals surface area contributed by atoms with Gasteiger partial charge in [-0.15, -0.1) is 0 Å². The van der Waals surface area contributed by atoms with Crippen LogP contribution in [-0.2, 0) is 13.0 Å². The molecule has 0 aliphatic carbocycles. The van der Waals surface area contributed by atoms with Gasteiger partial charge in [-0.1, -0.05) is 34.5 Å². The van der Waals surface area contributed by atoms with Gasteiger partial charge in [-0.05, 0) is 31.9 Å². The van der Waals surface area contributed by atoms with E-state index in [9.17, 15) is 0 Å². The quantitative estimate of drug-likeness (QED) is 0.766. The van der Waals surface area contributed by atoms with E-state index in [-0.39, 0.29) is 0 Å². The lowest BCUT2D eigenvalue weighted by atomic mass is 10.1. The average Bonchev–Trinajstić information content (AvgIpc) is 2.54. The van der Waals surface area contributed by atoms with Crippen LogP contribution >= 0.6 is 15.9 Å². The first-order chi connectivity index (χ1) is 8.75. The Kier molecular flexibility index (Phi) is 3.25. The highest BCUT2D eigenvalue weighted by molar-refractivity contribution is 9.10. The first kappa shape index (κ1) is 12.0. The smallest absolute Gasteiger partial charge is 0.109 e. The summed E-state index contributed by atoms with van der Waals surface area (Å²) in [5, 5.41) is 0. The Morgan fingerprint density at radius 1 is 1.11 bits per heavy atom. The molecule has 0 N–H and O–H groups in total. The second kappa shape index (κ2) is 4.88. The Labute approximate surface area is 116 Å². The normalized spacial score (nSPS) is 15.2. The van der Waals surface area contributed by atoms with Crippen LogP contribution in [-0.4, -0.2) is 9.55 Å². The molecule has 0 spiro atoms. The second-order valence-electron chi connectivity index (χ2n) is 4.93. The van der Waals surface area contributed by atoms with Crippen molar-refractivity contribution in [1.82, 2.24) is 9.55 Å². The van der Waals surface area contributed by atoms with Gasteiger partial charge in [0.15, 0.2) is 0 Å². The van der Waals surface area contributed by atoms with Crippen LogP contribution in [0.2, 0.25) is 0 Å². The van der Waals surface area contributed by atoms with Crippen molar-refractivity contribution >= 4 is 15.9 Å². The molecule has 0 bridgehead atoms. The summed E-state index contributed by atoms with van der Waals surface area (Å²) >= 11 is 3.49. The topological polar surface area (TPSA) is 17.8 Å². The lowest BCUT2D eigenvalue weighted by molar-refractivity contribution is 0.638. The van der Waals surface area contributed by atoms with Gasteiger partial charge in [0, 0.05) is 23.0 Å². The van der Waals surface area contributed by atoms with Crippen molar-refractivity contribution < 1.29 is 0 Å². The largest absolute Gasteiger partial charge is 0.328 e. The molecule has 0 fully saturated rings. The third-order valence-corrected chi connectivity index (χ3v) is 4.15. The zero-order valence-corrected chi connectivity index (χ0v) is 12.2. The van der Waals surface area contributed by atoms with Crippen molar-refractivity contribution in [1.29, 1.82) is 0 Å². The molecule has 0 saturated heterocycles. The van der Waals surface area contributed by atoms with E-state index in [1.165, 1.54) is 36.3 Å². The summed E-state index contributed by atoms with van der Waals surface area (Å²) in [6.07, 6.45) is 4.99. The van der Waals surface area contributed by atoms with Crippen LogP contribution < -0.4 is 0 Å². The zero-order chi connectivity index (χ0) is 12.5. The fourth-order valence-electron chi connectivity index (χ4n) is 2.77. The summed E-state index contributed by atoms with van der Waals surface area (Å²) in [5.41, 5.74) is 3.74. The first-order valence-corrected chi connectivity index (χ1v) is 7.37. The SMILES string of the molecule is Cc1nc2n(c1-c1ccc(Br)cc1)CCCCC2. The Morgan fingerprint density at radius 2 is 1.89 bits per heavy atom. The number of fused-ring (bicyclic) bond motifs is 1. The van der Waals surface area contributed by atoms with E-state index in [1.807, 2.05) is 0 Å². The van der Waals surface area contributed by atoms with Gasteiger partial charge >= 0.3 is 0 Å². The number of aromatic nitrogens is 2. The Balaban J connectivity index is 2.11. The molecule has 3 rings (SSSR count). The van der Waals surface area contributed by atoms with E-state index in [2.05, 4.69) is 51.7 Å². The molecule has 0 radical (unpaired) electrons. The van der Waals surface area contributed by atoms with Gasteiger partial charge in [0.25, 0.3) is 0 Å². The van der Waals surface area contributed by atoms with Gasteiger partial charge in [0.1, 0.15) is 5.82 Å². The molecule has 2 aromatic rings. The van der Waals surface area contributed by atoms with E-state index >= 15 is 0 Å². The Bertz CT molecular complexity index is 555. The molecule has 0 atom stereocenters. The molecule has 1 aromatic heterocycles. The van der Waals surface area contributed by atoms with E-state index in [0.29, 0.717) is 0 Å². The number of hydrogen-bond donors (Lipinski definition) is 0. The molecule has 94 valence electrons. The summed E-state index contributed by atoms with van der Waals surface area (Å²) in [6, 6.07) is 8.55. The molecule has 0 saturated carbocycles. The highest BCUT2D eigenvalue weighted by Crippen LogP contribution is 2.28. The summed E-state index contributed by atoms with van der Waals surface area (Å²) in [4.78, 5) is 4.76. The van der Waals surface area contributed by atoms with Crippen LogP contribution in [0.25, 0.3) is 11.3 Å². The number of rotatable bonds is 1. The molecule has 3 heteroatoms. The number of hydrogen-bond acceptors (Lipinski definition) is 1. The van der Waals surface area contributed by atoms with Gasteiger partial charge < -0.3 is 4.57 Å². The molecule has 0 unspecified atom stereocenters. The van der Waals surface area contributed by atoms with E-state index in [4.69, 9.17) is 4.98 Å². The molecule has 2 heterocycles. The summed E-state index contributed by atoms with van der Waals surface area (Å²) in [7, 11) is 0. The zero-order valence-electron chi connectivity index (χ0n) is 10.6. The van der Waals surface area contributed by atoms with Crippen LogP contribution in [0.15, 0.2) is 28.7 Å². The van der Waals surface area contributed by atoms with E-state index in [1.54, 1.807) is 0 Å². The summed E-state index contributed by atoms with van der Waals surface area (Å²) in [6.45, 7) is 3.24. The van der Waals surface area contributed by atoms with Crippen molar-refractivity contribution in [2.24, 2.45) is 0 Å².